The van der Waals surface area contributed by atoms with Crippen LogP contribution in [-0.2, 0) is 0 Å². The van der Waals surface area contributed by atoms with E-state index < -0.39 is 15.3 Å². The summed E-state index contributed by atoms with van der Waals surface area (Å²) in [4.78, 5) is 24.8. The van der Waals surface area contributed by atoms with Crippen LogP contribution in [0.1, 0.15) is 1.43 Å². The van der Waals surface area contributed by atoms with E-state index in [1.807, 2.05) is 0 Å². The Morgan fingerprint density at radius 3 is 0.643 bits per heavy atom. The van der Waals surface area contributed by atoms with E-state index in [4.69, 9.17) is 46.0 Å². The van der Waals surface area contributed by atoms with Gasteiger partial charge in [0.1, 0.15) is 0 Å². The Morgan fingerprint density at radius 1 is 0.643 bits per heavy atom. The summed E-state index contributed by atoms with van der Waals surface area (Å²) in [6.07, 6.45) is 0. The normalized spacial score (nSPS) is 5.14. The zero-order valence-electron chi connectivity index (χ0n) is 7.59. The zero-order valence-corrected chi connectivity index (χ0v) is 9.75. The van der Waals surface area contributed by atoms with Crippen LogP contribution in [0.15, 0.2) is 0 Å². The maximum Gasteiger partial charge on any atom is 3.00 e. The molecular formula is HAlN3NaO9. The molecule has 0 bridgehead atoms. The van der Waals surface area contributed by atoms with Crippen molar-refractivity contribution in [2.24, 2.45) is 0 Å². The van der Waals surface area contributed by atoms with E-state index in [1.54, 1.807) is 0 Å². The third-order valence-electron chi connectivity index (χ3n) is 0. The Bertz CT molecular complexity index is 123. The van der Waals surface area contributed by atoms with Crippen LogP contribution in [0.5, 0.6) is 0 Å². The Morgan fingerprint density at radius 2 is 0.643 bits per heavy atom. The van der Waals surface area contributed by atoms with Crippen LogP contribution in [0.2, 0.25) is 0 Å². The van der Waals surface area contributed by atoms with Gasteiger partial charge < -0.3 is 47.4 Å². The smallest absolute Gasteiger partial charge is 1.00 e. The van der Waals surface area contributed by atoms with E-state index in [9.17, 15) is 0 Å². The Hall–Kier alpha value is -0.868. The van der Waals surface area contributed by atoms with Gasteiger partial charge in [-0.05, 0) is 0 Å². The summed E-state index contributed by atoms with van der Waals surface area (Å²) in [6.45, 7) is 0. The first-order chi connectivity index (χ1) is 5.20. The maximum absolute atomic E-state index is 8.25. The molecule has 0 radical (unpaired) electrons. The first kappa shape index (κ1) is 29.2. The van der Waals surface area contributed by atoms with Crippen molar-refractivity contribution in [2.45, 2.75) is 0 Å². The molecule has 14 heteroatoms. The molecule has 0 spiro atoms. The van der Waals surface area contributed by atoms with Gasteiger partial charge in [-0.1, -0.05) is 0 Å². The summed E-state index contributed by atoms with van der Waals surface area (Å²) < 4.78 is 0. The van der Waals surface area contributed by atoms with Gasteiger partial charge in [-0.2, -0.15) is 0 Å². The summed E-state index contributed by atoms with van der Waals surface area (Å²) in [5.41, 5.74) is 0. The van der Waals surface area contributed by atoms with Crippen LogP contribution in [-0.4, -0.2) is 32.6 Å². The van der Waals surface area contributed by atoms with E-state index in [2.05, 4.69) is 0 Å². The molecule has 0 atom stereocenters. The van der Waals surface area contributed by atoms with Crippen molar-refractivity contribution in [2.75, 3.05) is 0 Å². The third-order valence-corrected chi connectivity index (χ3v) is 0. The third kappa shape index (κ3) is 1520. The van der Waals surface area contributed by atoms with Crippen LogP contribution >= 0.6 is 0 Å². The molecule has 0 aromatic heterocycles. The molecule has 0 rings (SSSR count). The molecule has 0 aliphatic carbocycles. The summed E-state index contributed by atoms with van der Waals surface area (Å²) in [5, 5.41) is 44.2. The van der Waals surface area contributed by atoms with E-state index in [0.29, 0.717) is 0 Å². The molecule has 0 saturated carbocycles. The van der Waals surface area contributed by atoms with Gasteiger partial charge in [0.25, 0.3) is 0 Å². The predicted octanol–water partition coefficient (Wildman–Crippen LogP) is -3.98. The fraction of sp³-hybridized carbons (Fsp3) is 0. The van der Waals surface area contributed by atoms with E-state index in [1.165, 1.54) is 0 Å². The van der Waals surface area contributed by atoms with Crippen molar-refractivity contribution < 1.29 is 46.2 Å². The maximum atomic E-state index is 8.25. The minimum Gasteiger partial charge on any atom is -1.00 e. The van der Waals surface area contributed by atoms with Gasteiger partial charge in [0.2, 0.25) is 0 Å². The molecule has 0 aliphatic rings. The summed E-state index contributed by atoms with van der Waals surface area (Å²) in [5.74, 6) is 0. The molecule has 0 aromatic carbocycles. The number of hydrogen-bond acceptors (Lipinski definition) is 9. The standard InChI is InChI=1S/Al.3NO3.Na.H/c;3*2-1(3)4;;/q+3;3*-1;+1;-1. The first-order valence-electron chi connectivity index (χ1n) is 1.64. The molecule has 0 N–H and O–H groups in total. The second-order valence-corrected chi connectivity index (χ2v) is 0.671. The van der Waals surface area contributed by atoms with Crippen molar-refractivity contribution in [1.29, 1.82) is 0 Å². The quantitative estimate of drug-likeness (QED) is 0.228. The van der Waals surface area contributed by atoms with Crippen molar-refractivity contribution in [3.8, 4) is 0 Å². The Kier molecular flexibility index (Phi) is 47.5. The predicted molar refractivity (Wildman–Crippen MR) is 38.0 cm³/mol. The van der Waals surface area contributed by atoms with Crippen LogP contribution in [0, 0.1) is 46.0 Å². The first-order valence-corrected chi connectivity index (χ1v) is 1.64. The molecule has 0 saturated heterocycles. The van der Waals surface area contributed by atoms with Crippen LogP contribution in [0.3, 0.4) is 0 Å². The molecule has 0 aromatic rings. The van der Waals surface area contributed by atoms with E-state index in [0.717, 1.165) is 0 Å². The van der Waals surface area contributed by atoms with E-state index >= 15 is 0 Å². The molecule has 12 nitrogen and oxygen atoms in total. The van der Waals surface area contributed by atoms with Gasteiger partial charge >= 0.3 is 46.9 Å². The summed E-state index contributed by atoms with van der Waals surface area (Å²) >= 11 is 0. The fourth-order valence-electron chi connectivity index (χ4n) is 0. The van der Waals surface area contributed by atoms with Gasteiger partial charge in [-0.25, -0.2) is 0 Å². The largest absolute Gasteiger partial charge is 3.00 e. The van der Waals surface area contributed by atoms with Crippen LogP contribution in [0.4, 0.5) is 0 Å². The van der Waals surface area contributed by atoms with Crippen molar-refractivity contribution >= 4 is 17.4 Å². The average molecular weight is 237 g/mol. The van der Waals surface area contributed by atoms with Crippen molar-refractivity contribution in [1.82, 2.24) is 0 Å². The molecule has 0 amide bonds. The second-order valence-electron chi connectivity index (χ2n) is 0.671. The molecule has 0 heterocycles. The number of hydrogen-bond donors (Lipinski definition) is 0. The van der Waals surface area contributed by atoms with Crippen molar-refractivity contribution in [3.63, 3.8) is 0 Å². The monoisotopic (exact) mass is 237 g/mol. The minimum atomic E-state index is -1.75. The minimum absolute atomic E-state index is 0. The fourth-order valence-corrected chi connectivity index (χ4v) is 0. The Balaban J connectivity index is -0.0000000184. The van der Waals surface area contributed by atoms with Crippen LogP contribution in [0.25, 0.3) is 0 Å². The van der Waals surface area contributed by atoms with Gasteiger partial charge in [0, 0.05) is 0 Å². The Labute approximate surface area is 109 Å². The molecule has 0 fully saturated rings. The number of nitrogens with zero attached hydrogens (tertiary/aromatic N) is 3. The molecule has 0 aliphatic heterocycles. The zero-order chi connectivity index (χ0) is 10.7. The van der Waals surface area contributed by atoms with Crippen LogP contribution < -0.4 is 29.6 Å². The molecule has 14 heavy (non-hydrogen) atoms. The molecular weight excluding hydrogens is 236 g/mol. The summed E-state index contributed by atoms with van der Waals surface area (Å²) in [7, 11) is 0. The number of rotatable bonds is 0. The topological polar surface area (TPSA) is 199 Å². The summed E-state index contributed by atoms with van der Waals surface area (Å²) in [6, 6.07) is 0. The second kappa shape index (κ2) is 22.7. The van der Waals surface area contributed by atoms with Crippen molar-refractivity contribution in [3.05, 3.63) is 46.0 Å². The van der Waals surface area contributed by atoms with Gasteiger partial charge in [0.05, 0.1) is 15.3 Å². The van der Waals surface area contributed by atoms with E-state index in [-0.39, 0.29) is 48.3 Å². The SMILES string of the molecule is O=[N+]([O-])[O-].O=[N+]([O-])[O-].O=[N+]([O-])[O-].[Al+3].[H-].[Na+]. The molecule has 0 unspecified atom stereocenters. The van der Waals surface area contributed by atoms with Gasteiger partial charge in [0.15, 0.2) is 0 Å². The van der Waals surface area contributed by atoms with Gasteiger partial charge in [-0.3, -0.25) is 0 Å². The average Bonchev–Trinajstić information content (AvgIpc) is 1.54. The van der Waals surface area contributed by atoms with Gasteiger partial charge in [-0.15, -0.1) is 0 Å². The molecule has 74 valence electrons.